The molecule has 0 saturated carbocycles. The Morgan fingerprint density at radius 2 is 2.35 bits per heavy atom. The highest BCUT2D eigenvalue weighted by Gasteiger charge is 2.12. The Kier molecular flexibility index (Phi) is 3.60. The third-order valence-corrected chi connectivity index (χ3v) is 3.73. The molecule has 0 aliphatic carbocycles. The number of esters is 1. The summed E-state index contributed by atoms with van der Waals surface area (Å²) < 4.78 is 5.50. The summed E-state index contributed by atoms with van der Waals surface area (Å²) in [7, 11) is 1.32. The number of carbonyl (C=O) groups excluding carboxylic acids is 1. The lowest BCUT2D eigenvalue weighted by molar-refractivity contribution is 0.0601. The van der Waals surface area contributed by atoms with E-state index in [0.717, 1.165) is 4.34 Å². The van der Waals surface area contributed by atoms with Crippen LogP contribution in [0, 0.1) is 0 Å². The Bertz CT molecular complexity index is 528. The lowest BCUT2D eigenvalue weighted by atomic mass is 10.2. The van der Waals surface area contributed by atoms with E-state index >= 15 is 0 Å². The van der Waals surface area contributed by atoms with Gasteiger partial charge in [-0.05, 0) is 17.8 Å². The molecule has 17 heavy (non-hydrogen) atoms. The lowest BCUT2D eigenvalue weighted by Gasteiger charge is -2.04. The Balaban J connectivity index is 2.28. The van der Waals surface area contributed by atoms with Crippen LogP contribution in [-0.4, -0.2) is 23.0 Å². The highest BCUT2D eigenvalue weighted by molar-refractivity contribution is 8.00. The van der Waals surface area contributed by atoms with E-state index in [1.54, 1.807) is 12.3 Å². The maximum atomic E-state index is 11.4. The first-order valence-electron chi connectivity index (χ1n) is 4.62. The topological polar surface area (TPSA) is 78.1 Å². The number of nitrogen functional groups attached to an aromatic ring is 1. The van der Waals surface area contributed by atoms with Crippen LogP contribution in [-0.2, 0) is 4.74 Å². The lowest BCUT2D eigenvalue weighted by Crippen LogP contribution is -2.06. The first-order chi connectivity index (χ1) is 8.20. The van der Waals surface area contributed by atoms with Crippen molar-refractivity contribution in [2.45, 2.75) is 9.37 Å². The third-order valence-electron chi connectivity index (χ3n) is 1.92. The second kappa shape index (κ2) is 5.15. The molecule has 0 bridgehead atoms. The minimum absolute atomic E-state index is 0.306. The summed E-state index contributed by atoms with van der Waals surface area (Å²) in [5.41, 5.74) is 6.28. The molecule has 0 radical (unpaired) electrons. The molecule has 0 spiro atoms. The van der Waals surface area contributed by atoms with Crippen molar-refractivity contribution in [2.75, 3.05) is 12.8 Å². The molecule has 0 aliphatic rings. The molecular formula is C10H9N3O2S2. The summed E-state index contributed by atoms with van der Waals surface area (Å²) in [6.07, 6.45) is 3.16. The van der Waals surface area contributed by atoms with E-state index in [2.05, 4.69) is 14.7 Å². The minimum atomic E-state index is -0.467. The van der Waals surface area contributed by atoms with Gasteiger partial charge >= 0.3 is 5.97 Å². The van der Waals surface area contributed by atoms with Gasteiger partial charge in [0.2, 0.25) is 0 Å². The number of hydrogen-bond donors (Lipinski definition) is 1. The number of nitrogens with two attached hydrogens (primary N) is 1. The summed E-state index contributed by atoms with van der Waals surface area (Å²) in [5, 5.41) is 2.54. The highest BCUT2D eigenvalue weighted by Crippen LogP contribution is 2.29. The molecule has 0 fully saturated rings. The number of anilines is 1. The van der Waals surface area contributed by atoms with Gasteiger partial charge < -0.3 is 10.5 Å². The zero-order valence-corrected chi connectivity index (χ0v) is 10.5. The van der Waals surface area contributed by atoms with Gasteiger partial charge in [-0.25, -0.2) is 14.8 Å². The fraction of sp³-hybridized carbons (Fsp3) is 0.100. The largest absolute Gasteiger partial charge is 0.465 e. The molecule has 0 aliphatic heterocycles. The van der Waals surface area contributed by atoms with Gasteiger partial charge in [-0.15, -0.1) is 11.3 Å². The van der Waals surface area contributed by atoms with Crippen molar-refractivity contribution in [2.24, 2.45) is 0 Å². The van der Waals surface area contributed by atoms with Gasteiger partial charge in [-0.1, -0.05) is 0 Å². The van der Waals surface area contributed by atoms with Crippen molar-refractivity contribution in [3.05, 3.63) is 29.4 Å². The smallest absolute Gasteiger partial charge is 0.340 e. The minimum Gasteiger partial charge on any atom is -0.465 e. The second-order valence-corrected chi connectivity index (χ2v) is 5.16. The van der Waals surface area contributed by atoms with E-state index in [1.165, 1.54) is 36.4 Å². The molecule has 0 aromatic carbocycles. The van der Waals surface area contributed by atoms with Gasteiger partial charge in [0.25, 0.3) is 0 Å². The molecule has 7 heteroatoms. The Morgan fingerprint density at radius 1 is 1.53 bits per heavy atom. The van der Waals surface area contributed by atoms with Crippen LogP contribution >= 0.6 is 23.1 Å². The quantitative estimate of drug-likeness (QED) is 0.858. The van der Waals surface area contributed by atoms with Crippen molar-refractivity contribution in [1.82, 2.24) is 9.97 Å². The number of pyridine rings is 1. The number of aromatic nitrogens is 2. The van der Waals surface area contributed by atoms with Crippen LogP contribution in [0.15, 0.2) is 33.2 Å². The molecular weight excluding hydrogens is 258 g/mol. The molecule has 2 N–H and O–H groups in total. The predicted molar refractivity (Wildman–Crippen MR) is 66.2 cm³/mol. The highest BCUT2D eigenvalue weighted by atomic mass is 32.2. The number of thiazole rings is 1. The van der Waals surface area contributed by atoms with Gasteiger partial charge in [0, 0.05) is 11.6 Å². The first-order valence-corrected chi connectivity index (χ1v) is 6.31. The third kappa shape index (κ3) is 2.75. The normalized spacial score (nSPS) is 10.2. The van der Waals surface area contributed by atoms with Gasteiger partial charge in [-0.3, -0.25) is 0 Å². The van der Waals surface area contributed by atoms with Crippen molar-refractivity contribution in [3.8, 4) is 0 Å². The Labute approximate surface area is 106 Å². The standard InChI is InChI=1S/C10H9N3O2S2/c1-15-9(14)6-4-8(13-5-7(6)11)17-10-12-2-3-16-10/h2-5H,11H2,1H3. The fourth-order valence-electron chi connectivity index (χ4n) is 1.14. The van der Waals surface area contributed by atoms with Crippen molar-refractivity contribution < 1.29 is 9.53 Å². The summed E-state index contributed by atoms with van der Waals surface area (Å²) in [4.78, 5) is 19.7. The molecule has 2 aromatic rings. The van der Waals surface area contributed by atoms with E-state index < -0.39 is 5.97 Å². The second-order valence-electron chi connectivity index (χ2n) is 3.00. The van der Waals surface area contributed by atoms with Crippen molar-refractivity contribution >= 4 is 34.8 Å². The number of ether oxygens (including phenoxy) is 1. The van der Waals surface area contributed by atoms with Crippen LogP contribution in [0.25, 0.3) is 0 Å². The molecule has 2 aromatic heterocycles. The maximum Gasteiger partial charge on any atom is 0.340 e. The van der Waals surface area contributed by atoms with Gasteiger partial charge in [0.05, 0.1) is 24.6 Å². The van der Waals surface area contributed by atoms with Crippen LogP contribution in [0.4, 0.5) is 5.69 Å². The number of methoxy groups -OCH3 is 1. The van der Waals surface area contributed by atoms with Crippen LogP contribution in [0.3, 0.4) is 0 Å². The molecule has 0 atom stereocenters. The molecule has 0 saturated heterocycles. The van der Waals surface area contributed by atoms with E-state index in [1.807, 2.05) is 5.38 Å². The summed E-state index contributed by atoms with van der Waals surface area (Å²) >= 11 is 2.88. The molecule has 88 valence electrons. The first kappa shape index (κ1) is 11.9. The van der Waals surface area contributed by atoms with Gasteiger partial charge in [0.1, 0.15) is 5.03 Å². The summed E-state index contributed by atoms with van der Waals surface area (Å²) in [6.45, 7) is 0. The number of hydrogen-bond acceptors (Lipinski definition) is 7. The van der Waals surface area contributed by atoms with Crippen LogP contribution in [0.2, 0.25) is 0 Å². The van der Waals surface area contributed by atoms with Gasteiger partial charge in [-0.2, -0.15) is 0 Å². The molecule has 2 heterocycles. The number of carbonyl (C=O) groups is 1. The van der Waals surface area contributed by atoms with Crippen molar-refractivity contribution in [3.63, 3.8) is 0 Å². The molecule has 5 nitrogen and oxygen atoms in total. The number of rotatable bonds is 3. The zero-order valence-electron chi connectivity index (χ0n) is 8.91. The fourth-order valence-corrected chi connectivity index (χ4v) is 2.69. The Morgan fingerprint density at radius 3 is 3.00 bits per heavy atom. The van der Waals surface area contributed by atoms with E-state index in [0.29, 0.717) is 16.3 Å². The average molecular weight is 267 g/mol. The Hall–Kier alpha value is -1.60. The molecule has 0 unspecified atom stereocenters. The van der Waals surface area contributed by atoms with Crippen LogP contribution in [0.1, 0.15) is 10.4 Å². The van der Waals surface area contributed by atoms with Gasteiger partial charge in [0.15, 0.2) is 4.34 Å². The average Bonchev–Trinajstić information content (AvgIpc) is 2.83. The summed E-state index contributed by atoms with van der Waals surface area (Å²) in [5.74, 6) is -0.467. The SMILES string of the molecule is COC(=O)c1cc(Sc2nccs2)ncc1N. The summed E-state index contributed by atoms with van der Waals surface area (Å²) in [6, 6.07) is 1.60. The maximum absolute atomic E-state index is 11.4. The van der Waals surface area contributed by atoms with Crippen molar-refractivity contribution in [1.29, 1.82) is 0 Å². The molecule has 0 amide bonds. The van der Waals surface area contributed by atoms with E-state index in [4.69, 9.17) is 5.73 Å². The molecule has 2 rings (SSSR count). The van der Waals surface area contributed by atoms with E-state index in [-0.39, 0.29) is 0 Å². The number of nitrogens with zero attached hydrogens (tertiary/aromatic N) is 2. The predicted octanol–water partition coefficient (Wildman–Crippen LogP) is 2.06. The van der Waals surface area contributed by atoms with E-state index in [9.17, 15) is 4.79 Å². The van der Waals surface area contributed by atoms with Crippen LogP contribution in [0.5, 0.6) is 0 Å². The van der Waals surface area contributed by atoms with Crippen LogP contribution < -0.4 is 5.73 Å². The zero-order chi connectivity index (χ0) is 12.3. The monoisotopic (exact) mass is 267 g/mol.